The summed E-state index contributed by atoms with van der Waals surface area (Å²) in [6, 6.07) is 3.34. The van der Waals surface area contributed by atoms with Crippen molar-refractivity contribution < 1.29 is 4.79 Å². The molecular formula is C11H16ClN3O. The second-order valence-corrected chi connectivity index (χ2v) is 3.95. The lowest BCUT2D eigenvalue weighted by molar-refractivity contribution is -0.119. The highest BCUT2D eigenvalue weighted by Crippen LogP contribution is 2.12. The van der Waals surface area contributed by atoms with Gasteiger partial charge in [-0.15, -0.1) is 0 Å². The molecule has 1 aromatic heterocycles. The topological polar surface area (TPSA) is 54.0 Å². The predicted octanol–water partition coefficient (Wildman–Crippen LogP) is 1.92. The van der Waals surface area contributed by atoms with Crippen LogP contribution in [0, 0.1) is 5.92 Å². The van der Waals surface area contributed by atoms with Crippen molar-refractivity contribution in [3.8, 4) is 0 Å². The Balaban J connectivity index is 2.50. The van der Waals surface area contributed by atoms with Crippen molar-refractivity contribution in [1.82, 2.24) is 10.3 Å². The number of aromatic nitrogens is 1. The number of carbonyl (C=O) groups is 1. The largest absolute Gasteiger partial charge is 0.326 e. The lowest BCUT2D eigenvalue weighted by atomic mass is 10.1. The van der Waals surface area contributed by atoms with Crippen LogP contribution in [0.2, 0.25) is 5.15 Å². The highest BCUT2D eigenvalue weighted by atomic mass is 35.5. The van der Waals surface area contributed by atoms with Gasteiger partial charge in [0.15, 0.2) is 0 Å². The standard InChI is InChI=1S/C11H16ClN3O/c1-3-13-7-8(2)11(16)15-9-4-5-14-10(12)6-9/h4-6,8,13H,3,7H2,1-2H3,(H,14,15,16). The summed E-state index contributed by atoms with van der Waals surface area (Å²) in [7, 11) is 0. The molecule has 0 saturated heterocycles. The summed E-state index contributed by atoms with van der Waals surface area (Å²) < 4.78 is 0. The third-order valence-electron chi connectivity index (χ3n) is 2.14. The van der Waals surface area contributed by atoms with Gasteiger partial charge in [-0.05, 0) is 18.7 Å². The highest BCUT2D eigenvalue weighted by molar-refractivity contribution is 6.29. The van der Waals surface area contributed by atoms with E-state index >= 15 is 0 Å². The number of nitrogens with zero attached hydrogens (tertiary/aromatic N) is 1. The van der Waals surface area contributed by atoms with Gasteiger partial charge in [-0.1, -0.05) is 25.4 Å². The number of anilines is 1. The van der Waals surface area contributed by atoms with Gasteiger partial charge in [0.25, 0.3) is 0 Å². The summed E-state index contributed by atoms with van der Waals surface area (Å²) >= 11 is 5.72. The fraction of sp³-hybridized carbons (Fsp3) is 0.455. The molecule has 0 spiro atoms. The lowest BCUT2D eigenvalue weighted by Crippen LogP contribution is -2.30. The fourth-order valence-corrected chi connectivity index (χ4v) is 1.37. The Morgan fingerprint density at radius 2 is 2.38 bits per heavy atom. The first-order chi connectivity index (χ1) is 7.63. The second kappa shape index (κ2) is 6.45. The van der Waals surface area contributed by atoms with E-state index in [1.54, 1.807) is 18.3 Å². The predicted molar refractivity (Wildman–Crippen MR) is 65.6 cm³/mol. The van der Waals surface area contributed by atoms with E-state index in [0.29, 0.717) is 17.4 Å². The molecule has 0 saturated carbocycles. The van der Waals surface area contributed by atoms with Gasteiger partial charge in [0.1, 0.15) is 5.15 Å². The number of hydrogen-bond donors (Lipinski definition) is 2. The van der Waals surface area contributed by atoms with Gasteiger partial charge in [0.05, 0.1) is 0 Å². The Bertz CT molecular complexity index is 357. The monoisotopic (exact) mass is 241 g/mol. The maximum atomic E-state index is 11.7. The number of hydrogen-bond acceptors (Lipinski definition) is 3. The van der Waals surface area contributed by atoms with E-state index in [1.165, 1.54) is 0 Å². The zero-order valence-corrected chi connectivity index (χ0v) is 10.2. The molecular weight excluding hydrogens is 226 g/mol. The van der Waals surface area contributed by atoms with Crippen molar-refractivity contribution in [3.63, 3.8) is 0 Å². The third kappa shape index (κ3) is 4.16. The van der Waals surface area contributed by atoms with Crippen molar-refractivity contribution in [1.29, 1.82) is 0 Å². The first kappa shape index (κ1) is 12.9. The molecule has 0 aliphatic carbocycles. The molecule has 4 nitrogen and oxygen atoms in total. The minimum absolute atomic E-state index is 0.0248. The average molecular weight is 242 g/mol. The summed E-state index contributed by atoms with van der Waals surface area (Å²) in [4.78, 5) is 15.6. The molecule has 0 aliphatic heterocycles. The summed E-state index contributed by atoms with van der Waals surface area (Å²) in [5.74, 6) is -0.102. The SMILES string of the molecule is CCNCC(C)C(=O)Nc1ccnc(Cl)c1. The summed E-state index contributed by atoms with van der Waals surface area (Å²) in [5, 5.41) is 6.29. The third-order valence-corrected chi connectivity index (χ3v) is 2.35. The van der Waals surface area contributed by atoms with Crippen molar-refractivity contribution in [2.24, 2.45) is 5.92 Å². The van der Waals surface area contributed by atoms with E-state index in [0.717, 1.165) is 6.54 Å². The molecule has 0 bridgehead atoms. The Morgan fingerprint density at radius 1 is 1.62 bits per heavy atom. The quantitative estimate of drug-likeness (QED) is 0.775. The summed E-state index contributed by atoms with van der Waals surface area (Å²) in [5.41, 5.74) is 0.674. The van der Waals surface area contributed by atoms with Crippen molar-refractivity contribution in [2.75, 3.05) is 18.4 Å². The second-order valence-electron chi connectivity index (χ2n) is 3.57. The van der Waals surface area contributed by atoms with Gasteiger partial charge in [0, 0.05) is 24.3 Å². The van der Waals surface area contributed by atoms with E-state index in [9.17, 15) is 4.79 Å². The number of carbonyl (C=O) groups excluding carboxylic acids is 1. The molecule has 0 aromatic carbocycles. The number of pyridine rings is 1. The Hall–Kier alpha value is -1.13. The molecule has 5 heteroatoms. The maximum absolute atomic E-state index is 11.7. The van der Waals surface area contributed by atoms with E-state index < -0.39 is 0 Å². The van der Waals surface area contributed by atoms with Crippen LogP contribution in [0.3, 0.4) is 0 Å². The van der Waals surface area contributed by atoms with Gasteiger partial charge in [-0.2, -0.15) is 0 Å². The van der Waals surface area contributed by atoms with Crippen LogP contribution in [0.4, 0.5) is 5.69 Å². The lowest BCUT2D eigenvalue weighted by Gasteiger charge is -2.12. The number of halogens is 1. The highest BCUT2D eigenvalue weighted by Gasteiger charge is 2.12. The van der Waals surface area contributed by atoms with E-state index in [4.69, 9.17) is 11.6 Å². The first-order valence-electron chi connectivity index (χ1n) is 5.26. The zero-order valence-electron chi connectivity index (χ0n) is 9.46. The van der Waals surface area contributed by atoms with Crippen LogP contribution in [-0.2, 0) is 4.79 Å². The minimum atomic E-state index is -0.0770. The Morgan fingerprint density at radius 3 is 3.00 bits per heavy atom. The number of rotatable bonds is 5. The average Bonchev–Trinajstić information content (AvgIpc) is 2.25. The van der Waals surface area contributed by atoms with Gasteiger partial charge in [-0.25, -0.2) is 4.98 Å². The molecule has 2 N–H and O–H groups in total. The van der Waals surface area contributed by atoms with Crippen LogP contribution in [0.1, 0.15) is 13.8 Å². The molecule has 1 aromatic rings. The van der Waals surface area contributed by atoms with E-state index in [-0.39, 0.29) is 11.8 Å². The maximum Gasteiger partial charge on any atom is 0.228 e. The molecule has 1 amide bonds. The fourth-order valence-electron chi connectivity index (χ4n) is 1.20. The molecule has 1 rings (SSSR count). The molecule has 88 valence electrons. The van der Waals surface area contributed by atoms with Crippen molar-refractivity contribution in [3.05, 3.63) is 23.5 Å². The van der Waals surface area contributed by atoms with Crippen LogP contribution in [0.5, 0.6) is 0 Å². The van der Waals surface area contributed by atoms with Crippen LogP contribution in [0.15, 0.2) is 18.3 Å². The number of amides is 1. The molecule has 0 aliphatic rings. The van der Waals surface area contributed by atoms with Crippen molar-refractivity contribution >= 4 is 23.2 Å². The Kier molecular flexibility index (Phi) is 5.22. The molecule has 1 unspecified atom stereocenters. The van der Waals surface area contributed by atoms with Crippen LogP contribution >= 0.6 is 11.6 Å². The molecule has 0 radical (unpaired) electrons. The van der Waals surface area contributed by atoms with Gasteiger partial charge in [-0.3, -0.25) is 4.79 Å². The minimum Gasteiger partial charge on any atom is -0.326 e. The Labute approximate surface area is 100 Å². The van der Waals surface area contributed by atoms with Crippen LogP contribution < -0.4 is 10.6 Å². The van der Waals surface area contributed by atoms with Gasteiger partial charge >= 0.3 is 0 Å². The molecule has 1 atom stereocenters. The normalized spacial score (nSPS) is 12.2. The summed E-state index contributed by atoms with van der Waals surface area (Å²) in [6.45, 7) is 5.41. The van der Waals surface area contributed by atoms with Gasteiger partial charge in [0.2, 0.25) is 5.91 Å². The molecule has 16 heavy (non-hydrogen) atoms. The van der Waals surface area contributed by atoms with Crippen molar-refractivity contribution in [2.45, 2.75) is 13.8 Å². The van der Waals surface area contributed by atoms with E-state index in [2.05, 4.69) is 15.6 Å². The first-order valence-corrected chi connectivity index (χ1v) is 5.64. The zero-order chi connectivity index (χ0) is 12.0. The molecule has 1 heterocycles. The smallest absolute Gasteiger partial charge is 0.228 e. The van der Waals surface area contributed by atoms with E-state index in [1.807, 2.05) is 13.8 Å². The van der Waals surface area contributed by atoms with Gasteiger partial charge < -0.3 is 10.6 Å². The number of nitrogens with one attached hydrogen (secondary N) is 2. The summed E-state index contributed by atoms with van der Waals surface area (Å²) in [6.07, 6.45) is 1.56. The van der Waals surface area contributed by atoms with Crippen LogP contribution in [0.25, 0.3) is 0 Å². The molecule has 0 fully saturated rings. The van der Waals surface area contributed by atoms with Crippen LogP contribution in [-0.4, -0.2) is 24.0 Å².